The lowest BCUT2D eigenvalue weighted by atomic mass is 9.90. The third-order valence-corrected chi connectivity index (χ3v) is 4.11. The molecule has 1 aliphatic carbocycles. The average Bonchev–Trinajstić information content (AvgIpc) is 2.76. The van der Waals surface area contributed by atoms with E-state index in [1.807, 2.05) is 7.05 Å². The molecule has 1 fully saturated rings. The van der Waals surface area contributed by atoms with Gasteiger partial charge in [-0.2, -0.15) is 13.2 Å². The fourth-order valence-corrected chi connectivity index (χ4v) is 3.11. The van der Waals surface area contributed by atoms with E-state index in [0.717, 1.165) is 24.3 Å². The van der Waals surface area contributed by atoms with Gasteiger partial charge in [0.05, 0.1) is 5.56 Å². The van der Waals surface area contributed by atoms with Gasteiger partial charge in [-0.1, -0.05) is 25.5 Å². The predicted molar refractivity (Wildman–Crippen MR) is 69.7 cm³/mol. The largest absolute Gasteiger partial charge is 0.416 e. The first-order chi connectivity index (χ1) is 8.91. The Hall–Kier alpha value is -1.03. The summed E-state index contributed by atoms with van der Waals surface area (Å²) in [6.07, 6.45) is -0.751. The lowest BCUT2D eigenvalue weighted by molar-refractivity contribution is -0.137. The highest BCUT2D eigenvalue weighted by atomic mass is 19.4. The normalized spacial score (nSPS) is 25.5. The van der Waals surface area contributed by atoms with Gasteiger partial charge in [-0.05, 0) is 49.4 Å². The molecule has 3 unspecified atom stereocenters. The van der Waals surface area contributed by atoms with E-state index in [1.165, 1.54) is 18.6 Å². The van der Waals surface area contributed by atoms with E-state index in [1.54, 1.807) is 12.1 Å². The predicted octanol–water partition coefficient (Wildman–Crippen LogP) is 4.40. The number of hydrogen-bond acceptors (Lipinski definition) is 1. The van der Waals surface area contributed by atoms with Crippen LogP contribution in [0.1, 0.15) is 43.4 Å². The summed E-state index contributed by atoms with van der Waals surface area (Å²) in [5.74, 6) is 1.24. The smallest absolute Gasteiger partial charge is 0.313 e. The first-order valence-electron chi connectivity index (χ1n) is 6.76. The van der Waals surface area contributed by atoms with Crippen LogP contribution in [0.15, 0.2) is 24.3 Å². The molecule has 1 N–H and O–H groups in total. The van der Waals surface area contributed by atoms with Gasteiger partial charge in [-0.15, -0.1) is 0 Å². The Bertz CT molecular complexity index is 410. The molecular formula is C15H20F3N. The molecule has 19 heavy (non-hydrogen) atoms. The molecule has 2 rings (SSSR count). The maximum absolute atomic E-state index is 12.5. The summed E-state index contributed by atoms with van der Waals surface area (Å²) in [4.78, 5) is 0. The first-order valence-corrected chi connectivity index (χ1v) is 6.76. The Morgan fingerprint density at radius 3 is 2.21 bits per heavy atom. The Labute approximate surface area is 112 Å². The quantitative estimate of drug-likeness (QED) is 0.859. The van der Waals surface area contributed by atoms with Gasteiger partial charge in [0.15, 0.2) is 0 Å². The standard InChI is InChI=1S/C15H20F3N/c1-10-3-4-12(9-10)14(19-2)11-5-7-13(8-6-11)15(16,17)18/h5-8,10,12,14,19H,3-4,9H2,1-2H3. The van der Waals surface area contributed by atoms with Crippen LogP contribution in [0, 0.1) is 11.8 Å². The summed E-state index contributed by atoms with van der Waals surface area (Å²) in [6, 6.07) is 5.73. The summed E-state index contributed by atoms with van der Waals surface area (Å²) in [5, 5.41) is 3.26. The van der Waals surface area contributed by atoms with Gasteiger partial charge < -0.3 is 5.32 Å². The SMILES string of the molecule is CNC(c1ccc(C(F)(F)F)cc1)C1CCC(C)C1. The molecule has 3 atom stereocenters. The van der Waals surface area contributed by atoms with Crippen LogP contribution in [0.5, 0.6) is 0 Å². The van der Waals surface area contributed by atoms with Crippen molar-refractivity contribution >= 4 is 0 Å². The van der Waals surface area contributed by atoms with E-state index >= 15 is 0 Å². The van der Waals surface area contributed by atoms with E-state index in [9.17, 15) is 13.2 Å². The molecule has 1 aromatic rings. The van der Waals surface area contributed by atoms with Crippen molar-refractivity contribution in [2.45, 2.75) is 38.4 Å². The van der Waals surface area contributed by atoms with Crippen LogP contribution >= 0.6 is 0 Å². The average molecular weight is 271 g/mol. The van der Waals surface area contributed by atoms with Gasteiger partial charge in [0, 0.05) is 6.04 Å². The van der Waals surface area contributed by atoms with Crippen LogP contribution < -0.4 is 5.32 Å². The van der Waals surface area contributed by atoms with Crippen molar-refractivity contribution in [1.82, 2.24) is 5.32 Å². The molecule has 1 saturated carbocycles. The summed E-state index contributed by atoms with van der Waals surface area (Å²) in [7, 11) is 1.88. The second kappa shape index (κ2) is 5.53. The van der Waals surface area contributed by atoms with Crippen LogP contribution in [0.2, 0.25) is 0 Å². The Morgan fingerprint density at radius 2 is 1.79 bits per heavy atom. The molecule has 1 aliphatic rings. The molecule has 0 spiro atoms. The van der Waals surface area contributed by atoms with Gasteiger partial charge >= 0.3 is 6.18 Å². The van der Waals surface area contributed by atoms with E-state index in [-0.39, 0.29) is 6.04 Å². The molecule has 0 saturated heterocycles. The molecule has 0 heterocycles. The number of hydrogen-bond donors (Lipinski definition) is 1. The third kappa shape index (κ3) is 3.30. The molecule has 0 radical (unpaired) electrons. The molecule has 0 aliphatic heterocycles. The molecule has 1 aromatic carbocycles. The van der Waals surface area contributed by atoms with Crippen LogP contribution in [0.3, 0.4) is 0 Å². The van der Waals surface area contributed by atoms with Gasteiger partial charge in [-0.25, -0.2) is 0 Å². The van der Waals surface area contributed by atoms with E-state index < -0.39 is 11.7 Å². The van der Waals surface area contributed by atoms with E-state index in [4.69, 9.17) is 0 Å². The van der Waals surface area contributed by atoms with Crippen LogP contribution in [-0.4, -0.2) is 7.05 Å². The zero-order valence-electron chi connectivity index (χ0n) is 11.3. The van der Waals surface area contributed by atoms with Crippen LogP contribution in [0.25, 0.3) is 0 Å². The minimum absolute atomic E-state index is 0.159. The highest BCUT2D eigenvalue weighted by Crippen LogP contribution is 2.39. The highest BCUT2D eigenvalue weighted by molar-refractivity contribution is 5.27. The van der Waals surface area contributed by atoms with Gasteiger partial charge in [-0.3, -0.25) is 0 Å². The fourth-order valence-electron chi connectivity index (χ4n) is 3.11. The second-order valence-electron chi connectivity index (χ2n) is 5.56. The summed E-state index contributed by atoms with van der Waals surface area (Å²) < 4.78 is 37.6. The van der Waals surface area contributed by atoms with Gasteiger partial charge in [0.25, 0.3) is 0 Å². The summed E-state index contributed by atoms with van der Waals surface area (Å²) >= 11 is 0. The Morgan fingerprint density at radius 1 is 1.16 bits per heavy atom. The minimum Gasteiger partial charge on any atom is -0.313 e. The zero-order chi connectivity index (χ0) is 14.0. The monoisotopic (exact) mass is 271 g/mol. The number of alkyl halides is 3. The number of benzene rings is 1. The Balaban J connectivity index is 2.15. The molecule has 0 bridgehead atoms. The number of halogens is 3. The minimum atomic E-state index is -4.25. The zero-order valence-corrected chi connectivity index (χ0v) is 11.3. The van der Waals surface area contributed by atoms with Gasteiger partial charge in [0.1, 0.15) is 0 Å². The van der Waals surface area contributed by atoms with E-state index in [2.05, 4.69) is 12.2 Å². The fraction of sp³-hybridized carbons (Fsp3) is 0.600. The van der Waals surface area contributed by atoms with Gasteiger partial charge in [0.2, 0.25) is 0 Å². The first kappa shape index (κ1) is 14.4. The third-order valence-electron chi connectivity index (χ3n) is 4.11. The Kier molecular flexibility index (Phi) is 4.19. The van der Waals surface area contributed by atoms with Crippen molar-refractivity contribution < 1.29 is 13.2 Å². The second-order valence-corrected chi connectivity index (χ2v) is 5.56. The van der Waals surface area contributed by atoms with Crippen molar-refractivity contribution in [3.05, 3.63) is 35.4 Å². The molecule has 106 valence electrons. The topological polar surface area (TPSA) is 12.0 Å². The lowest BCUT2D eigenvalue weighted by Gasteiger charge is -2.24. The van der Waals surface area contributed by atoms with E-state index in [0.29, 0.717) is 5.92 Å². The molecule has 0 aromatic heterocycles. The van der Waals surface area contributed by atoms with Crippen molar-refractivity contribution in [2.24, 2.45) is 11.8 Å². The van der Waals surface area contributed by atoms with Crippen LogP contribution in [-0.2, 0) is 6.18 Å². The number of rotatable bonds is 3. The molecule has 4 heteroatoms. The van der Waals surface area contributed by atoms with Crippen molar-refractivity contribution in [2.75, 3.05) is 7.05 Å². The summed E-state index contributed by atoms with van der Waals surface area (Å²) in [5.41, 5.74) is 0.375. The number of nitrogens with one attached hydrogen (secondary N) is 1. The van der Waals surface area contributed by atoms with Crippen LogP contribution in [0.4, 0.5) is 13.2 Å². The summed E-state index contributed by atoms with van der Waals surface area (Å²) in [6.45, 7) is 2.24. The molecular weight excluding hydrogens is 251 g/mol. The van der Waals surface area contributed by atoms with Crippen molar-refractivity contribution in [3.63, 3.8) is 0 Å². The molecule has 1 nitrogen and oxygen atoms in total. The molecule has 0 amide bonds. The maximum atomic E-state index is 12.5. The van der Waals surface area contributed by atoms with Crippen molar-refractivity contribution in [1.29, 1.82) is 0 Å². The van der Waals surface area contributed by atoms with Crippen molar-refractivity contribution in [3.8, 4) is 0 Å². The maximum Gasteiger partial charge on any atom is 0.416 e. The lowest BCUT2D eigenvalue weighted by Crippen LogP contribution is -2.24. The highest BCUT2D eigenvalue weighted by Gasteiger charge is 2.32.